The Morgan fingerprint density at radius 2 is 2.08 bits per heavy atom. The minimum Gasteiger partial charge on any atom is -0.358 e. The first-order chi connectivity index (χ1) is 5.47. The molecule has 0 saturated carbocycles. The van der Waals surface area contributed by atoms with E-state index in [9.17, 15) is 0 Å². The van der Waals surface area contributed by atoms with Gasteiger partial charge in [0.15, 0.2) is 0 Å². The van der Waals surface area contributed by atoms with Crippen LogP contribution < -0.4 is 0 Å². The maximum absolute atomic E-state index is 4.21. The molecule has 2 heterocycles. The Bertz CT molecular complexity index is 318. The van der Waals surface area contributed by atoms with Crippen LogP contribution in [0.3, 0.4) is 0 Å². The summed E-state index contributed by atoms with van der Waals surface area (Å²) in [6.07, 6.45) is 1.80. The standard InChI is InChI=1S/C9H6NS.CH3.Y/c1-2-6-10-8(4-1)9-5-3-7-11-9;;/h1-6H;1H3;/q2*-1;. The van der Waals surface area contributed by atoms with Gasteiger partial charge in [0.05, 0.1) is 0 Å². The van der Waals surface area contributed by atoms with E-state index in [-0.39, 0.29) is 40.1 Å². The summed E-state index contributed by atoms with van der Waals surface area (Å²) >= 11 is 1.59. The summed E-state index contributed by atoms with van der Waals surface area (Å²) in [6.45, 7) is 0. The smallest absolute Gasteiger partial charge is 0.0262 e. The fraction of sp³-hybridized carbons (Fsp3) is 0. The molecule has 1 nitrogen and oxygen atoms in total. The van der Waals surface area contributed by atoms with Crippen molar-refractivity contribution in [3.8, 4) is 10.6 Å². The van der Waals surface area contributed by atoms with Crippen LogP contribution in [0.15, 0.2) is 36.5 Å². The third kappa shape index (κ3) is 3.30. The van der Waals surface area contributed by atoms with Gasteiger partial charge in [0.1, 0.15) is 0 Å². The molecule has 0 fully saturated rings. The van der Waals surface area contributed by atoms with Gasteiger partial charge < -0.3 is 7.43 Å². The van der Waals surface area contributed by atoms with Gasteiger partial charge in [0.25, 0.3) is 0 Å². The van der Waals surface area contributed by atoms with Gasteiger partial charge in [-0.15, -0.1) is 10.3 Å². The van der Waals surface area contributed by atoms with Crippen LogP contribution >= 0.6 is 11.3 Å². The molecule has 0 atom stereocenters. The molecule has 2 aromatic rings. The van der Waals surface area contributed by atoms with Gasteiger partial charge >= 0.3 is 0 Å². The number of hydrogen-bond donors (Lipinski definition) is 0. The predicted octanol–water partition coefficient (Wildman–Crippen LogP) is 3.06. The molecule has 13 heavy (non-hydrogen) atoms. The Labute approximate surface area is 108 Å². The van der Waals surface area contributed by atoms with Gasteiger partial charge in [-0.2, -0.15) is 12.1 Å². The molecule has 3 heteroatoms. The second-order valence-corrected chi connectivity index (χ2v) is 3.01. The molecule has 0 N–H and O–H groups in total. The zero-order valence-corrected chi connectivity index (χ0v) is 11.1. The molecule has 0 saturated heterocycles. The Balaban J connectivity index is 0.000000720. The molecule has 0 aliphatic heterocycles. The topological polar surface area (TPSA) is 12.9 Å². The van der Waals surface area contributed by atoms with Gasteiger partial charge in [0, 0.05) is 44.6 Å². The molecule has 0 unspecified atom stereocenters. The zero-order valence-electron chi connectivity index (χ0n) is 7.40. The first kappa shape index (κ1) is 13.0. The van der Waals surface area contributed by atoms with Crippen LogP contribution in [0.1, 0.15) is 0 Å². The van der Waals surface area contributed by atoms with E-state index < -0.39 is 0 Å². The Morgan fingerprint density at radius 3 is 2.62 bits per heavy atom. The van der Waals surface area contributed by atoms with Crippen LogP contribution in [0, 0.1) is 12.8 Å². The molecule has 0 amide bonds. The molecule has 0 bridgehead atoms. The first-order valence-electron chi connectivity index (χ1n) is 3.34. The molecular formula is C10H9NSY-2. The molecule has 0 aromatic carbocycles. The van der Waals surface area contributed by atoms with E-state index >= 15 is 0 Å². The molecule has 1 radical (unpaired) electrons. The normalized spacial score (nSPS) is 8.31. The Hall–Kier alpha value is -0.0461. The average Bonchev–Trinajstić information content (AvgIpc) is 2.58. The summed E-state index contributed by atoms with van der Waals surface area (Å²) in [5, 5.41) is 3.03. The minimum atomic E-state index is 0. The number of nitrogens with zero attached hydrogens (tertiary/aromatic N) is 1. The maximum Gasteiger partial charge on any atom is 0.0262 e. The molecule has 2 aromatic heterocycles. The zero-order chi connectivity index (χ0) is 7.52. The van der Waals surface area contributed by atoms with Crippen molar-refractivity contribution in [2.45, 2.75) is 0 Å². The molecule has 65 valence electrons. The second-order valence-electron chi connectivity index (χ2n) is 2.13. The van der Waals surface area contributed by atoms with Crippen molar-refractivity contribution in [2.24, 2.45) is 0 Å². The van der Waals surface area contributed by atoms with Crippen LogP contribution in [0.4, 0.5) is 0 Å². The number of thiophene rings is 1. The first-order valence-corrected chi connectivity index (χ1v) is 4.16. The van der Waals surface area contributed by atoms with Crippen molar-refractivity contribution in [3.63, 3.8) is 0 Å². The Kier molecular flexibility index (Phi) is 6.39. The molecular weight excluding hydrogens is 255 g/mol. The summed E-state index contributed by atoms with van der Waals surface area (Å²) in [7, 11) is 0. The summed E-state index contributed by atoms with van der Waals surface area (Å²) in [5.41, 5.74) is 1.03. The summed E-state index contributed by atoms with van der Waals surface area (Å²) in [4.78, 5) is 5.38. The van der Waals surface area contributed by atoms with Crippen LogP contribution in [-0.4, -0.2) is 4.98 Å². The van der Waals surface area contributed by atoms with Crippen molar-refractivity contribution >= 4 is 11.3 Å². The van der Waals surface area contributed by atoms with Crippen molar-refractivity contribution in [2.75, 3.05) is 0 Å². The van der Waals surface area contributed by atoms with E-state index in [4.69, 9.17) is 0 Å². The van der Waals surface area contributed by atoms with Crippen LogP contribution in [0.25, 0.3) is 10.6 Å². The van der Waals surface area contributed by atoms with Crippen LogP contribution in [-0.2, 0) is 32.7 Å². The number of rotatable bonds is 1. The minimum absolute atomic E-state index is 0. The predicted molar refractivity (Wildman–Crippen MR) is 52.8 cm³/mol. The number of aromatic nitrogens is 1. The summed E-state index contributed by atoms with van der Waals surface area (Å²) in [6, 6.07) is 9.84. The molecule has 0 aliphatic rings. The third-order valence-corrected chi connectivity index (χ3v) is 2.21. The quantitative estimate of drug-likeness (QED) is 0.721. The SMILES string of the molecule is [CH3-].[Y].[c-]1ccc(-c2ccccn2)s1. The maximum atomic E-state index is 4.21. The van der Waals surface area contributed by atoms with E-state index in [0.29, 0.717) is 0 Å². The number of hydrogen-bond acceptors (Lipinski definition) is 2. The fourth-order valence-electron chi connectivity index (χ4n) is 0.887. The van der Waals surface area contributed by atoms with E-state index in [0.717, 1.165) is 5.69 Å². The van der Waals surface area contributed by atoms with Crippen molar-refractivity contribution in [1.82, 2.24) is 4.98 Å². The van der Waals surface area contributed by atoms with Crippen LogP contribution in [0.5, 0.6) is 0 Å². The van der Waals surface area contributed by atoms with Crippen LogP contribution in [0.2, 0.25) is 0 Å². The monoisotopic (exact) mass is 264 g/mol. The van der Waals surface area contributed by atoms with Gasteiger partial charge in [0.2, 0.25) is 0 Å². The molecule has 0 spiro atoms. The largest absolute Gasteiger partial charge is 0.358 e. The summed E-state index contributed by atoms with van der Waals surface area (Å²) < 4.78 is 0. The van der Waals surface area contributed by atoms with Gasteiger partial charge in [-0.3, -0.25) is 16.3 Å². The van der Waals surface area contributed by atoms with E-state index in [1.807, 2.05) is 30.3 Å². The van der Waals surface area contributed by atoms with Gasteiger partial charge in [-0.05, 0) is 12.1 Å². The van der Waals surface area contributed by atoms with E-state index in [2.05, 4.69) is 10.4 Å². The fourth-order valence-corrected chi connectivity index (χ4v) is 1.51. The van der Waals surface area contributed by atoms with Gasteiger partial charge in [-0.25, -0.2) is 0 Å². The molecule has 0 aliphatic carbocycles. The van der Waals surface area contributed by atoms with Crippen molar-refractivity contribution in [3.05, 3.63) is 49.3 Å². The summed E-state index contributed by atoms with van der Waals surface area (Å²) in [5.74, 6) is 0. The number of pyridine rings is 1. The molecule has 2 rings (SSSR count). The second kappa shape index (κ2) is 6.41. The van der Waals surface area contributed by atoms with E-state index in [1.54, 1.807) is 17.5 Å². The average molecular weight is 264 g/mol. The third-order valence-electron chi connectivity index (χ3n) is 1.39. The Morgan fingerprint density at radius 1 is 1.23 bits per heavy atom. The van der Waals surface area contributed by atoms with Gasteiger partial charge in [-0.1, -0.05) is 6.07 Å². The van der Waals surface area contributed by atoms with Crippen molar-refractivity contribution < 1.29 is 32.7 Å². The van der Waals surface area contributed by atoms with E-state index in [1.165, 1.54) is 4.88 Å². The van der Waals surface area contributed by atoms with Crippen molar-refractivity contribution in [1.29, 1.82) is 0 Å².